The minimum atomic E-state index is 0.644. The number of pyridine rings is 1. The highest BCUT2D eigenvalue weighted by atomic mass is 16.5. The molecule has 0 fully saturated rings. The lowest BCUT2D eigenvalue weighted by molar-refractivity contribution is 0.409. The molecule has 0 aliphatic rings. The molecule has 3 rings (SSSR count). The Hall–Kier alpha value is -3.35. The summed E-state index contributed by atoms with van der Waals surface area (Å²) in [6, 6.07) is 12.1. The average molecular weight is 364 g/mol. The second-order valence-electron chi connectivity index (χ2n) is 5.91. The number of imidazole rings is 1. The number of guanidine groups is 1. The van der Waals surface area contributed by atoms with E-state index in [1.165, 1.54) is 5.56 Å². The van der Waals surface area contributed by atoms with Gasteiger partial charge < -0.3 is 15.4 Å². The van der Waals surface area contributed by atoms with Crippen LogP contribution < -0.4 is 15.4 Å². The van der Waals surface area contributed by atoms with Crippen LogP contribution in [0.25, 0.3) is 5.82 Å². The van der Waals surface area contributed by atoms with E-state index in [2.05, 4.69) is 31.7 Å². The molecule has 27 heavy (non-hydrogen) atoms. The predicted octanol–water partition coefficient (Wildman–Crippen LogP) is 2.18. The molecule has 0 saturated carbocycles. The van der Waals surface area contributed by atoms with Gasteiger partial charge in [0.25, 0.3) is 0 Å². The van der Waals surface area contributed by atoms with Gasteiger partial charge in [0.2, 0.25) is 0 Å². The molecule has 0 aliphatic heterocycles. The summed E-state index contributed by atoms with van der Waals surface area (Å²) in [5, 5.41) is 6.63. The van der Waals surface area contributed by atoms with Crippen LogP contribution in [0, 0.1) is 0 Å². The number of nitrogens with zero attached hydrogens (tertiary/aromatic N) is 4. The van der Waals surface area contributed by atoms with E-state index in [1.54, 1.807) is 26.7 Å². The van der Waals surface area contributed by atoms with Crippen LogP contribution in [-0.4, -0.2) is 41.2 Å². The third-order valence-corrected chi connectivity index (χ3v) is 4.14. The average Bonchev–Trinajstić information content (AvgIpc) is 3.26. The number of ether oxygens (including phenoxy) is 1. The van der Waals surface area contributed by atoms with Crippen LogP contribution >= 0.6 is 0 Å². The van der Waals surface area contributed by atoms with Gasteiger partial charge in [-0.1, -0.05) is 24.3 Å². The molecule has 2 aromatic heterocycles. The SMILES string of the molecule is CN=C(NCCc1ccccc1OC)NCc1ccc(-n2ccnc2)nc1. The van der Waals surface area contributed by atoms with Gasteiger partial charge in [-0.3, -0.25) is 9.56 Å². The van der Waals surface area contributed by atoms with Gasteiger partial charge in [0.1, 0.15) is 17.9 Å². The summed E-state index contributed by atoms with van der Waals surface area (Å²) in [5.74, 6) is 2.51. The van der Waals surface area contributed by atoms with Gasteiger partial charge in [0, 0.05) is 38.7 Å². The van der Waals surface area contributed by atoms with Gasteiger partial charge in [0.05, 0.1) is 7.11 Å². The maximum atomic E-state index is 5.38. The zero-order valence-electron chi connectivity index (χ0n) is 15.6. The molecule has 0 radical (unpaired) electrons. The summed E-state index contributed by atoms with van der Waals surface area (Å²) in [6.45, 7) is 1.41. The maximum absolute atomic E-state index is 5.38. The van der Waals surface area contributed by atoms with Crippen LogP contribution in [0.1, 0.15) is 11.1 Å². The Morgan fingerprint density at radius 3 is 2.78 bits per heavy atom. The second kappa shape index (κ2) is 9.38. The van der Waals surface area contributed by atoms with E-state index >= 15 is 0 Å². The number of nitrogens with one attached hydrogen (secondary N) is 2. The van der Waals surface area contributed by atoms with Crippen molar-refractivity contribution in [3.63, 3.8) is 0 Å². The molecule has 0 bridgehead atoms. The fraction of sp³-hybridized carbons (Fsp3) is 0.250. The minimum Gasteiger partial charge on any atom is -0.496 e. The molecule has 0 atom stereocenters. The van der Waals surface area contributed by atoms with Gasteiger partial charge in [0.15, 0.2) is 5.96 Å². The number of para-hydroxylation sites is 1. The highest BCUT2D eigenvalue weighted by Crippen LogP contribution is 2.17. The number of rotatable bonds is 7. The molecule has 7 nitrogen and oxygen atoms in total. The molecule has 3 aromatic rings. The third kappa shape index (κ3) is 5.07. The molecule has 0 amide bonds. The molecule has 0 spiro atoms. The van der Waals surface area contributed by atoms with Gasteiger partial charge in [-0.15, -0.1) is 0 Å². The zero-order chi connectivity index (χ0) is 18.9. The summed E-state index contributed by atoms with van der Waals surface area (Å²) >= 11 is 0. The molecule has 0 aliphatic carbocycles. The summed E-state index contributed by atoms with van der Waals surface area (Å²) in [6.07, 6.45) is 8.04. The van der Waals surface area contributed by atoms with Crippen molar-refractivity contribution >= 4 is 5.96 Å². The van der Waals surface area contributed by atoms with Gasteiger partial charge in [-0.05, 0) is 29.7 Å². The molecular formula is C20H24N6O. The van der Waals surface area contributed by atoms with Crippen molar-refractivity contribution in [2.45, 2.75) is 13.0 Å². The van der Waals surface area contributed by atoms with E-state index in [-0.39, 0.29) is 0 Å². The first-order valence-corrected chi connectivity index (χ1v) is 8.80. The topological polar surface area (TPSA) is 76.4 Å². The summed E-state index contributed by atoms with van der Waals surface area (Å²) in [7, 11) is 3.46. The van der Waals surface area contributed by atoms with Crippen molar-refractivity contribution < 1.29 is 4.74 Å². The van der Waals surface area contributed by atoms with Crippen LogP contribution in [0.15, 0.2) is 66.3 Å². The highest BCUT2D eigenvalue weighted by Gasteiger charge is 2.03. The van der Waals surface area contributed by atoms with Crippen LogP contribution in [0.2, 0.25) is 0 Å². The van der Waals surface area contributed by atoms with E-state index in [9.17, 15) is 0 Å². The maximum Gasteiger partial charge on any atom is 0.191 e. The van der Waals surface area contributed by atoms with Crippen LogP contribution in [0.5, 0.6) is 5.75 Å². The number of methoxy groups -OCH3 is 1. The largest absolute Gasteiger partial charge is 0.496 e. The number of hydrogen-bond acceptors (Lipinski definition) is 4. The number of aliphatic imine (C=N–C) groups is 1. The first kappa shape index (κ1) is 18.4. The van der Waals surface area contributed by atoms with Crippen LogP contribution in [0.3, 0.4) is 0 Å². The third-order valence-electron chi connectivity index (χ3n) is 4.14. The first-order chi connectivity index (χ1) is 13.3. The zero-order valence-corrected chi connectivity index (χ0v) is 15.6. The molecule has 7 heteroatoms. The van der Waals surface area contributed by atoms with Crippen molar-refractivity contribution in [3.05, 3.63) is 72.4 Å². The Balaban J connectivity index is 1.48. The van der Waals surface area contributed by atoms with Gasteiger partial charge in [-0.25, -0.2) is 9.97 Å². The Kier molecular flexibility index (Phi) is 6.40. The Morgan fingerprint density at radius 1 is 1.19 bits per heavy atom. The number of aromatic nitrogens is 3. The highest BCUT2D eigenvalue weighted by molar-refractivity contribution is 5.79. The quantitative estimate of drug-likeness (QED) is 0.496. The normalized spacial score (nSPS) is 11.3. The van der Waals surface area contributed by atoms with E-state index in [1.807, 2.05) is 47.3 Å². The molecular weight excluding hydrogens is 340 g/mol. The van der Waals surface area contributed by atoms with E-state index in [0.717, 1.165) is 36.1 Å². The van der Waals surface area contributed by atoms with E-state index in [4.69, 9.17) is 4.74 Å². The molecule has 2 heterocycles. The van der Waals surface area contributed by atoms with Crippen LogP contribution in [-0.2, 0) is 13.0 Å². The fourth-order valence-electron chi connectivity index (χ4n) is 2.70. The van der Waals surface area contributed by atoms with E-state index in [0.29, 0.717) is 6.54 Å². The minimum absolute atomic E-state index is 0.644. The monoisotopic (exact) mass is 364 g/mol. The molecule has 0 unspecified atom stereocenters. The molecule has 140 valence electrons. The molecule has 1 aromatic carbocycles. The molecule has 0 saturated heterocycles. The Morgan fingerprint density at radius 2 is 2.07 bits per heavy atom. The van der Waals surface area contributed by atoms with Crippen molar-refractivity contribution in [3.8, 4) is 11.6 Å². The smallest absolute Gasteiger partial charge is 0.191 e. The number of benzene rings is 1. The lowest BCUT2D eigenvalue weighted by Crippen LogP contribution is -2.37. The Labute approximate surface area is 159 Å². The summed E-state index contributed by atoms with van der Waals surface area (Å²) < 4.78 is 7.26. The fourth-order valence-corrected chi connectivity index (χ4v) is 2.70. The van der Waals surface area contributed by atoms with Crippen molar-refractivity contribution in [2.24, 2.45) is 4.99 Å². The van der Waals surface area contributed by atoms with Crippen LogP contribution in [0.4, 0.5) is 0 Å². The predicted molar refractivity (Wildman–Crippen MR) is 106 cm³/mol. The second-order valence-corrected chi connectivity index (χ2v) is 5.91. The van der Waals surface area contributed by atoms with Gasteiger partial charge >= 0.3 is 0 Å². The van der Waals surface area contributed by atoms with E-state index < -0.39 is 0 Å². The summed E-state index contributed by atoms with van der Waals surface area (Å²) in [4.78, 5) is 12.8. The van der Waals surface area contributed by atoms with Crippen molar-refractivity contribution in [1.82, 2.24) is 25.2 Å². The first-order valence-electron chi connectivity index (χ1n) is 8.80. The number of hydrogen-bond donors (Lipinski definition) is 2. The van der Waals surface area contributed by atoms with Crippen molar-refractivity contribution in [2.75, 3.05) is 20.7 Å². The van der Waals surface area contributed by atoms with Crippen molar-refractivity contribution in [1.29, 1.82) is 0 Å². The standard InChI is InChI=1S/C20H24N6O/c1-21-20(23-10-9-17-5-3-4-6-18(17)27-2)25-14-16-7-8-19(24-13-16)26-12-11-22-15-26/h3-8,11-13,15H,9-10,14H2,1-2H3,(H2,21,23,25). The summed E-state index contributed by atoms with van der Waals surface area (Å²) in [5.41, 5.74) is 2.24. The lowest BCUT2D eigenvalue weighted by atomic mass is 10.1. The van der Waals surface area contributed by atoms with Gasteiger partial charge in [-0.2, -0.15) is 0 Å². The Bertz CT molecular complexity index is 858. The molecule has 2 N–H and O–H groups in total. The lowest BCUT2D eigenvalue weighted by Gasteiger charge is -2.13.